The normalized spacial score (nSPS) is 29.2. The second-order valence-electron chi connectivity index (χ2n) is 6.27. The maximum atomic E-state index is 12.8. The van der Waals surface area contributed by atoms with Crippen LogP contribution in [0, 0.1) is 5.92 Å². The third kappa shape index (κ3) is 2.90. The van der Waals surface area contributed by atoms with E-state index >= 15 is 0 Å². The molecule has 22 heavy (non-hydrogen) atoms. The second-order valence-corrected chi connectivity index (χ2v) is 8.15. The molecule has 2 aliphatic rings. The van der Waals surface area contributed by atoms with Gasteiger partial charge in [0.2, 0.25) is 10.0 Å². The molecule has 1 N–H and O–H groups in total. The minimum atomic E-state index is -3.63. The maximum Gasteiger partial charge on any atom is 0.322 e. The van der Waals surface area contributed by atoms with E-state index in [9.17, 15) is 18.3 Å². The van der Waals surface area contributed by atoms with Crippen molar-refractivity contribution >= 4 is 16.0 Å². The van der Waals surface area contributed by atoms with E-state index in [0.717, 1.165) is 25.7 Å². The number of rotatable bonds is 4. The Labute approximate surface area is 131 Å². The number of carboxylic acid groups (broad SMARTS) is 1. The van der Waals surface area contributed by atoms with Crippen LogP contribution in [0.5, 0.6) is 0 Å². The van der Waals surface area contributed by atoms with Gasteiger partial charge in [0.15, 0.2) is 0 Å². The van der Waals surface area contributed by atoms with E-state index in [1.54, 1.807) is 24.3 Å². The van der Waals surface area contributed by atoms with Gasteiger partial charge in [-0.1, -0.05) is 43.2 Å². The van der Waals surface area contributed by atoms with E-state index in [1.807, 2.05) is 6.07 Å². The molecule has 3 atom stereocenters. The summed E-state index contributed by atoms with van der Waals surface area (Å²) in [7, 11) is -3.63. The fourth-order valence-corrected chi connectivity index (χ4v) is 5.91. The van der Waals surface area contributed by atoms with Crippen LogP contribution < -0.4 is 0 Å². The monoisotopic (exact) mass is 323 g/mol. The number of carbonyl (C=O) groups is 1. The number of nitrogens with zero attached hydrogens (tertiary/aromatic N) is 1. The highest BCUT2D eigenvalue weighted by molar-refractivity contribution is 7.88. The SMILES string of the molecule is O=C(O)C1CC2CCCCC2N1S(=O)(=O)Cc1ccccc1. The number of aliphatic carboxylic acids is 1. The van der Waals surface area contributed by atoms with Gasteiger partial charge in [0, 0.05) is 6.04 Å². The summed E-state index contributed by atoms with van der Waals surface area (Å²) in [5, 5.41) is 9.45. The summed E-state index contributed by atoms with van der Waals surface area (Å²) in [6.07, 6.45) is 4.22. The summed E-state index contributed by atoms with van der Waals surface area (Å²) in [6.45, 7) is 0. The number of benzene rings is 1. The third-order valence-electron chi connectivity index (χ3n) is 4.83. The third-order valence-corrected chi connectivity index (χ3v) is 6.69. The molecule has 1 aliphatic carbocycles. The summed E-state index contributed by atoms with van der Waals surface area (Å²) >= 11 is 0. The standard InChI is InChI=1S/C16H21NO4S/c18-16(19)15-10-13-8-4-5-9-14(13)17(15)22(20,21)11-12-6-2-1-3-7-12/h1-3,6-7,13-15H,4-5,8-11H2,(H,18,19). The fourth-order valence-electron chi connectivity index (χ4n) is 3.89. The maximum absolute atomic E-state index is 12.8. The van der Waals surface area contributed by atoms with Gasteiger partial charge >= 0.3 is 5.97 Å². The summed E-state index contributed by atoms with van der Waals surface area (Å²) in [5.41, 5.74) is 0.700. The van der Waals surface area contributed by atoms with Crippen molar-refractivity contribution in [2.24, 2.45) is 5.92 Å². The van der Waals surface area contributed by atoms with E-state index in [-0.39, 0.29) is 17.7 Å². The molecule has 0 amide bonds. The van der Waals surface area contributed by atoms with Crippen LogP contribution >= 0.6 is 0 Å². The molecule has 120 valence electrons. The van der Waals surface area contributed by atoms with E-state index in [4.69, 9.17) is 0 Å². The highest BCUT2D eigenvalue weighted by atomic mass is 32.2. The number of sulfonamides is 1. The molecular formula is C16H21NO4S. The van der Waals surface area contributed by atoms with Gasteiger partial charge in [0.25, 0.3) is 0 Å². The quantitative estimate of drug-likeness (QED) is 0.922. The summed E-state index contributed by atoms with van der Waals surface area (Å²) in [4.78, 5) is 11.5. The molecule has 1 aliphatic heterocycles. The molecule has 6 heteroatoms. The first-order valence-electron chi connectivity index (χ1n) is 7.77. The molecule has 0 aromatic heterocycles. The average molecular weight is 323 g/mol. The molecule has 1 saturated heterocycles. The molecule has 0 bridgehead atoms. The lowest BCUT2D eigenvalue weighted by molar-refractivity contribution is -0.141. The lowest BCUT2D eigenvalue weighted by atomic mass is 9.85. The molecule has 0 spiro atoms. The van der Waals surface area contributed by atoms with Crippen molar-refractivity contribution in [3.8, 4) is 0 Å². The second kappa shape index (κ2) is 6.01. The fraction of sp³-hybridized carbons (Fsp3) is 0.562. The van der Waals surface area contributed by atoms with Crippen LogP contribution in [0.1, 0.15) is 37.7 Å². The molecule has 2 fully saturated rings. The topological polar surface area (TPSA) is 74.7 Å². The van der Waals surface area contributed by atoms with Crippen molar-refractivity contribution < 1.29 is 18.3 Å². The molecule has 1 saturated carbocycles. The van der Waals surface area contributed by atoms with Crippen LogP contribution in [0.4, 0.5) is 0 Å². The number of carboxylic acids is 1. The number of fused-ring (bicyclic) bond motifs is 1. The zero-order chi connectivity index (χ0) is 15.7. The van der Waals surface area contributed by atoms with Crippen LogP contribution in [-0.2, 0) is 20.6 Å². The Morgan fingerprint density at radius 2 is 1.86 bits per heavy atom. The molecule has 1 aromatic rings. The molecule has 3 rings (SSSR count). The smallest absolute Gasteiger partial charge is 0.322 e. The predicted octanol–water partition coefficient (Wildman–Crippen LogP) is 2.23. The Morgan fingerprint density at radius 3 is 2.55 bits per heavy atom. The largest absolute Gasteiger partial charge is 0.480 e. The molecule has 0 radical (unpaired) electrons. The van der Waals surface area contributed by atoms with E-state index in [2.05, 4.69) is 0 Å². The van der Waals surface area contributed by atoms with E-state index in [1.165, 1.54) is 4.31 Å². The van der Waals surface area contributed by atoms with Crippen molar-refractivity contribution in [3.63, 3.8) is 0 Å². The minimum Gasteiger partial charge on any atom is -0.480 e. The van der Waals surface area contributed by atoms with Crippen molar-refractivity contribution in [1.82, 2.24) is 4.31 Å². The van der Waals surface area contributed by atoms with Gasteiger partial charge in [-0.05, 0) is 30.7 Å². The van der Waals surface area contributed by atoms with Crippen LogP contribution in [0.15, 0.2) is 30.3 Å². The number of hydrogen-bond donors (Lipinski definition) is 1. The van der Waals surface area contributed by atoms with Crippen LogP contribution in [0.2, 0.25) is 0 Å². The predicted molar refractivity (Wildman–Crippen MR) is 82.7 cm³/mol. The van der Waals surface area contributed by atoms with Crippen molar-refractivity contribution in [1.29, 1.82) is 0 Å². The van der Waals surface area contributed by atoms with Crippen molar-refractivity contribution in [3.05, 3.63) is 35.9 Å². The van der Waals surface area contributed by atoms with Crippen molar-refractivity contribution in [2.75, 3.05) is 0 Å². The number of hydrogen-bond acceptors (Lipinski definition) is 3. The van der Waals surface area contributed by atoms with Crippen LogP contribution in [0.25, 0.3) is 0 Å². The minimum absolute atomic E-state index is 0.124. The molecule has 3 unspecified atom stereocenters. The summed E-state index contributed by atoms with van der Waals surface area (Å²) in [5.74, 6) is -0.952. The first kappa shape index (κ1) is 15.5. The van der Waals surface area contributed by atoms with Crippen LogP contribution in [-0.4, -0.2) is 35.9 Å². The van der Waals surface area contributed by atoms with Gasteiger partial charge < -0.3 is 5.11 Å². The lowest BCUT2D eigenvalue weighted by Gasteiger charge is -2.32. The summed E-state index contributed by atoms with van der Waals surface area (Å²) < 4.78 is 27.0. The van der Waals surface area contributed by atoms with Crippen molar-refractivity contribution in [2.45, 2.75) is 49.9 Å². The molecule has 1 heterocycles. The van der Waals surface area contributed by atoms with Gasteiger partial charge in [-0.3, -0.25) is 4.79 Å². The highest BCUT2D eigenvalue weighted by Crippen LogP contribution is 2.41. The highest BCUT2D eigenvalue weighted by Gasteiger charge is 2.50. The zero-order valence-electron chi connectivity index (χ0n) is 12.4. The Kier molecular flexibility index (Phi) is 4.23. The van der Waals surface area contributed by atoms with Gasteiger partial charge in [0.1, 0.15) is 6.04 Å². The van der Waals surface area contributed by atoms with Crippen LogP contribution in [0.3, 0.4) is 0 Å². The Balaban J connectivity index is 1.90. The Morgan fingerprint density at radius 1 is 1.18 bits per heavy atom. The first-order chi connectivity index (χ1) is 10.5. The average Bonchev–Trinajstić information content (AvgIpc) is 2.88. The molecule has 1 aromatic carbocycles. The van der Waals surface area contributed by atoms with Gasteiger partial charge in [0.05, 0.1) is 5.75 Å². The van der Waals surface area contributed by atoms with E-state index < -0.39 is 22.0 Å². The van der Waals surface area contributed by atoms with Gasteiger partial charge in [-0.25, -0.2) is 8.42 Å². The molecule has 5 nitrogen and oxygen atoms in total. The van der Waals surface area contributed by atoms with Gasteiger partial charge in [-0.2, -0.15) is 4.31 Å². The lowest BCUT2D eigenvalue weighted by Crippen LogP contribution is -2.46. The first-order valence-corrected chi connectivity index (χ1v) is 9.38. The van der Waals surface area contributed by atoms with E-state index in [0.29, 0.717) is 12.0 Å². The Bertz CT molecular complexity index is 643. The Hall–Kier alpha value is -1.40. The van der Waals surface area contributed by atoms with Gasteiger partial charge in [-0.15, -0.1) is 0 Å². The summed E-state index contributed by atoms with van der Waals surface area (Å²) in [6, 6.07) is 7.93. The zero-order valence-corrected chi connectivity index (χ0v) is 13.2. The molecular weight excluding hydrogens is 302 g/mol.